The van der Waals surface area contributed by atoms with Crippen molar-refractivity contribution in [3.8, 4) is 11.8 Å². The number of hydrogen-bond donors (Lipinski definition) is 3. The summed E-state index contributed by atoms with van der Waals surface area (Å²) in [5.41, 5.74) is -0.454. The fourth-order valence-electron chi connectivity index (χ4n) is 8.56. The van der Waals surface area contributed by atoms with E-state index in [-0.39, 0.29) is 53.2 Å². The van der Waals surface area contributed by atoms with Gasteiger partial charge in [-0.25, -0.2) is 4.98 Å². The number of carbonyl (C=O) groups is 4. The molecule has 3 aliphatic rings. The van der Waals surface area contributed by atoms with Gasteiger partial charge >= 0.3 is 0 Å². The number of ether oxygens (including phenoxy) is 2. The lowest BCUT2D eigenvalue weighted by atomic mass is 9.49. The zero-order chi connectivity index (χ0) is 41.0. The first-order chi connectivity index (χ1) is 26.4. The first kappa shape index (κ1) is 42.7. The lowest BCUT2D eigenvalue weighted by molar-refractivity contribution is -0.164. The monoisotopic (exact) mass is 792 g/mol. The molecule has 1 saturated carbocycles. The molecule has 3 fully saturated rings. The van der Waals surface area contributed by atoms with Crippen LogP contribution in [0.1, 0.15) is 77.2 Å². The second-order valence-electron chi connectivity index (χ2n) is 17.3. The molecule has 1 aromatic heterocycles. The van der Waals surface area contributed by atoms with Crippen molar-refractivity contribution in [3.63, 3.8) is 0 Å². The van der Waals surface area contributed by atoms with Crippen LogP contribution in [0.25, 0.3) is 0 Å². The van der Waals surface area contributed by atoms with Crippen molar-refractivity contribution in [3.05, 3.63) is 52.7 Å². The number of aromatic nitrogens is 1. The summed E-state index contributed by atoms with van der Waals surface area (Å²) in [6, 6.07) is 9.31. The van der Waals surface area contributed by atoms with Crippen molar-refractivity contribution in [1.82, 2.24) is 30.7 Å². The molecule has 56 heavy (non-hydrogen) atoms. The van der Waals surface area contributed by atoms with Gasteiger partial charge in [0, 0.05) is 75.5 Å². The number of halogens is 1. The third-order valence-corrected chi connectivity index (χ3v) is 11.7. The van der Waals surface area contributed by atoms with Gasteiger partial charge in [0.15, 0.2) is 0 Å². The summed E-state index contributed by atoms with van der Waals surface area (Å²) in [7, 11) is 1.56. The number of amides is 4. The number of anilines is 1. The number of hydrogen-bond acceptors (Lipinski definition) is 10. The molecule has 2 saturated heterocycles. The quantitative estimate of drug-likeness (QED) is 0.255. The summed E-state index contributed by atoms with van der Waals surface area (Å²) < 4.78 is 12.1. The number of benzene rings is 1. The summed E-state index contributed by atoms with van der Waals surface area (Å²) in [6.07, 6.45) is 2.76. The lowest BCUT2D eigenvalue weighted by Crippen LogP contribution is -2.74. The van der Waals surface area contributed by atoms with Crippen LogP contribution >= 0.6 is 11.6 Å². The number of rotatable bonds is 13. The van der Waals surface area contributed by atoms with Gasteiger partial charge in [-0.1, -0.05) is 60.1 Å². The Labute approximate surface area is 335 Å². The Morgan fingerprint density at radius 1 is 1.04 bits per heavy atom. The standard InChI is InChI=1S/C41H57ClN8O6/c1-39(2,3)33(36(54)50-15-9-10-30(50)35(53)44-8)46-32(51)25-55-21-20-48-16-18-49(19-17-48)31-14-12-27(24-45-31)34(52)47-37-40(4,5)38(41(37,6)7)56-28-13-11-26(23-43)29(42)22-28/h11-14,22,24,30,33,37-38H,9-10,15-21,25H2,1-8H3,(H,44,53)(H,46,51)(H,47,52)/t30-,33?,37-,38-/m0/s1. The summed E-state index contributed by atoms with van der Waals surface area (Å²) in [5, 5.41) is 18.3. The summed E-state index contributed by atoms with van der Waals surface area (Å²) in [5.74, 6) is 0.364. The van der Waals surface area contributed by atoms with E-state index in [1.807, 2.05) is 26.8 Å². The van der Waals surface area contributed by atoms with E-state index < -0.39 is 17.5 Å². The van der Waals surface area contributed by atoms with Gasteiger partial charge in [0.25, 0.3) is 5.91 Å². The van der Waals surface area contributed by atoms with Crippen molar-refractivity contribution >= 4 is 41.0 Å². The van der Waals surface area contributed by atoms with Crippen LogP contribution in [0.15, 0.2) is 36.5 Å². The molecule has 4 amide bonds. The van der Waals surface area contributed by atoms with Gasteiger partial charge in [-0.15, -0.1) is 0 Å². The van der Waals surface area contributed by atoms with Gasteiger partial charge in [-0.05, 0) is 42.5 Å². The van der Waals surface area contributed by atoms with Gasteiger partial charge in [0.2, 0.25) is 17.7 Å². The average Bonchev–Trinajstić information content (AvgIpc) is 3.66. The minimum atomic E-state index is -0.785. The Morgan fingerprint density at radius 2 is 1.73 bits per heavy atom. The molecule has 0 spiro atoms. The number of pyridine rings is 1. The maximum atomic E-state index is 13.5. The molecule has 1 unspecified atom stereocenters. The highest BCUT2D eigenvalue weighted by molar-refractivity contribution is 6.31. The minimum absolute atomic E-state index is 0.165. The SMILES string of the molecule is CNC(=O)[C@@H]1CCCN1C(=O)C(NC(=O)COCCN1CCN(c2ccc(C(=O)N[C@H]3C(C)(C)[C@H](Oc4ccc(C#N)c(Cl)c4)C3(C)C)cn2)CC1)C(C)(C)C. The largest absolute Gasteiger partial charge is 0.489 e. The molecule has 0 bridgehead atoms. The Balaban J connectivity index is 1.04. The molecule has 1 aromatic carbocycles. The molecule has 15 heteroatoms. The maximum absolute atomic E-state index is 13.5. The van der Waals surface area contributed by atoms with E-state index in [2.05, 4.69) is 64.5 Å². The number of nitriles is 1. The van der Waals surface area contributed by atoms with Gasteiger partial charge in [-0.2, -0.15) is 5.26 Å². The first-order valence-electron chi connectivity index (χ1n) is 19.4. The number of piperazine rings is 1. The van der Waals surface area contributed by atoms with Crippen molar-refractivity contribution < 1.29 is 28.7 Å². The minimum Gasteiger partial charge on any atom is -0.489 e. The second kappa shape index (κ2) is 17.4. The highest BCUT2D eigenvalue weighted by Gasteiger charge is 2.64. The fourth-order valence-corrected chi connectivity index (χ4v) is 8.78. The molecular formula is C41H57ClN8O6. The molecule has 2 aliphatic heterocycles. The normalized spacial score (nSPS) is 22.3. The maximum Gasteiger partial charge on any atom is 0.253 e. The highest BCUT2D eigenvalue weighted by atomic mass is 35.5. The number of likely N-dealkylation sites (N-methyl/N-ethyl adjacent to an activating group) is 1. The summed E-state index contributed by atoms with van der Waals surface area (Å²) in [6.45, 7) is 18.3. The van der Waals surface area contributed by atoms with Crippen molar-refractivity contribution in [1.29, 1.82) is 5.26 Å². The van der Waals surface area contributed by atoms with Crippen LogP contribution in [0.3, 0.4) is 0 Å². The number of nitrogens with one attached hydrogen (secondary N) is 3. The zero-order valence-corrected chi connectivity index (χ0v) is 34.7. The van der Waals surface area contributed by atoms with Gasteiger partial charge in [0.05, 0.1) is 22.8 Å². The average molecular weight is 793 g/mol. The molecule has 14 nitrogen and oxygen atoms in total. The van der Waals surface area contributed by atoms with E-state index in [4.69, 9.17) is 21.1 Å². The van der Waals surface area contributed by atoms with Gasteiger partial charge in [-0.3, -0.25) is 24.1 Å². The first-order valence-corrected chi connectivity index (χ1v) is 19.8. The van der Waals surface area contributed by atoms with E-state index in [0.717, 1.165) is 38.4 Å². The van der Waals surface area contributed by atoms with E-state index >= 15 is 0 Å². The number of carbonyl (C=O) groups excluding carboxylic acids is 4. The van der Waals surface area contributed by atoms with Crippen LogP contribution in [-0.4, -0.2) is 122 Å². The van der Waals surface area contributed by atoms with E-state index in [9.17, 15) is 24.4 Å². The third-order valence-electron chi connectivity index (χ3n) is 11.4. The Hall–Kier alpha value is -4.45. The van der Waals surface area contributed by atoms with Crippen LogP contribution in [0, 0.1) is 27.6 Å². The van der Waals surface area contributed by atoms with E-state index in [1.165, 1.54) is 0 Å². The van der Waals surface area contributed by atoms with Crippen molar-refractivity contribution in [2.24, 2.45) is 16.2 Å². The van der Waals surface area contributed by atoms with Crippen LogP contribution in [0.5, 0.6) is 5.75 Å². The Bertz CT molecular complexity index is 1780. The summed E-state index contributed by atoms with van der Waals surface area (Å²) >= 11 is 6.23. The third kappa shape index (κ3) is 9.39. The summed E-state index contributed by atoms with van der Waals surface area (Å²) in [4.78, 5) is 62.8. The fraction of sp³-hybridized carbons (Fsp3) is 0.610. The van der Waals surface area contributed by atoms with Crippen LogP contribution in [0.4, 0.5) is 5.82 Å². The molecule has 3 heterocycles. The zero-order valence-electron chi connectivity index (χ0n) is 33.9. The molecule has 2 aromatic rings. The molecule has 0 radical (unpaired) electrons. The topological polar surface area (TPSA) is 169 Å². The van der Waals surface area contributed by atoms with Crippen LogP contribution in [0.2, 0.25) is 5.02 Å². The Kier molecular flexibility index (Phi) is 13.2. The van der Waals surface area contributed by atoms with Crippen molar-refractivity contribution in [2.45, 2.75) is 85.5 Å². The predicted molar refractivity (Wildman–Crippen MR) is 213 cm³/mol. The number of likely N-dealkylation sites (tertiary alicyclic amines) is 1. The van der Waals surface area contributed by atoms with Gasteiger partial charge < -0.3 is 35.2 Å². The van der Waals surface area contributed by atoms with Gasteiger partial charge in [0.1, 0.15) is 42.4 Å². The predicted octanol–water partition coefficient (Wildman–Crippen LogP) is 3.63. The number of nitrogens with zero attached hydrogens (tertiary/aromatic N) is 5. The van der Waals surface area contributed by atoms with Crippen LogP contribution < -0.4 is 25.6 Å². The molecule has 1 aliphatic carbocycles. The molecule has 2 atom stereocenters. The van der Waals surface area contributed by atoms with Crippen LogP contribution in [-0.2, 0) is 19.1 Å². The molecule has 304 valence electrons. The molecule has 3 N–H and O–H groups in total. The second-order valence-corrected chi connectivity index (χ2v) is 17.7. The molecule has 5 rings (SSSR count). The van der Waals surface area contributed by atoms with E-state index in [0.29, 0.717) is 48.0 Å². The smallest absolute Gasteiger partial charge is 0.253 e. The highest BCUT2D eigenvalue weighted by Crippen LogP contribution is 2.55. The Morgan fingerprint density at radius 3 is 2.32 bits per heavy atom. The van der Waals surface area contributed by atoms with E-state index in [1.54, 1.807) is 42.4 Å². The van der Waals surface area contributed by atoms with Crippen molar-refractivity contribution in [2.75, 3.05) is 64.4 Å². The lowest BCUT2D eigenvalue weighted by Gasteiger charge is -2.63. The molecular weight excluding hydrogens is 736 g/mol.